The molecular formula is C12H21N3O. The number of nitrogen functional groups attached to an aromatic ring is 1. The van der Waals surface area contributed by atoms with Gasteiger partial charge in [0, 0.05) is 18.3 Å². The molecule has 0 aliphatic rings. The summed E-state index contributed by atoms with van der Waals surface area (Å²) in [6.07, 6.45) is 4.50. The van der Waals surface area contributed by atoms with Crippen LogP contribution in [-0.2, 0) is 13.0 Å². The van der Waals surface area contributed by atoms with Gasteiger partial charge in [0.15, 0.2) is 0 Å². The number of unbranched alkanes of at least 4 members (excludes halogenated alkanes) is 1. The molecule has 0 fully saturated rings. The Labute approximate surface area is 96.5 Å². The third-order valence-corrected chi connectivity index (χ3v) is 2.60. The average molecular weight is 223 g/mol. The van der Waals surface area contributed by atoms with Crippen LogP contribution >= 0.6 is 0 Å². The quantitative estimate of drug-likeness (QED) is 0.792. The number of hydrogen-bond acceptors (Lipinski definition) is 3. The van der Waals surface area contributed by atoms with E-state index < -0.39 is 0 Å². The number of hydrogen-bond donors (Lipinski definition) is 2. The van der Waals surface area contributed by atoms with E-state index in [0.29, 0.717) is 5.69 Å². The van der Waals surface area contributed by atoms with Gasteiger partial charge in [-0.25, -0.2) is 0 Å². The van der Waals surface area contributed by atoms with Gasteiger partial charge in [-0.2, -0.15) is 0 Å². The second-order valence-electron chi connectivity index (χ2n) is 4.37. The van der Waals surface area contributed by atoms with E-state index in [9.17, 15) is 4.79 Å². The molecule has 0 saturated carbocycles. The van der Waals surface area contributed by atoms with E-state index in [4.69, 9.17) is 5.73 Å². The van der Waals surface area contributed by atoms with Gasteiger partial charge in [-0.15, -0.1) is 0 Å². The Hall–Kier alpha value is -1.29. The minimum absolute atomic E-state index is 0.000463. The van der Waals surface area contributed by atoms with E-state index in [-0.39, 0.29) is 5.56 Å². The summed E-state index contributed by atoms with van der Waals surface area (Å²) in [6, 6.07) is 0. The van der Waals surface area contributed by atoms with Crippen molar-refractivity contribution in [1.29, 1.82) is 0 Å². The standard InChI is InChI=1S/C12H21N3O/c1-4-5-6-9-10(8-15(2)3)11(13)7-14-12(9)16/h7H,4-6,8,13H2,1-3H3,(H,14,16). The van der Waals surface area contributed by atoms with Crippen molar-refractivity contribution >= 4 is 5.69 Å². The number of anilines is 1. The number of aromatic nitrogens is 1. The summed E-state index contributed by atoms with van der Waals surface area (Å²) >= 11 is 0. The molecule has 0 radical (unpaired) electrons. The highest BCUT2D eigenvalue weighted by atomic mass is 16.1. The third kappa shape index (κ3) is 3.10. The van der Waals surface area contributed by atoms with Crippen LogP contribution in [0.25, 0.3) is 0 Å². The minimum Gasteiger partial charge on any atom is -0.397 e. The first kappa shape index (κ1) is 12.8. The zero-order valence-corrected chi connectivity index (χ0v) is 10.3. The summed E-state index contributed by atoms with van der Waals surface area (Å²) < 4.78 is 0. The largest absolute Gasteiger partial charge is 0.397 e. The molecule has 0 unspecified atom stereocenters. The molecule has 3 N–H and O–H groups in total. The highest BCUT2D eigenvalue weighted by Gasteiger charge is 2.11. The molecule has 16 heavy (non-hydrogen) atoms. The topological polar surface area (TPSA) is 62.1 Å². The zero-order valence-electron chi connectivity index (χ0n) is 10.3. The van der Waals surface area contributed by atoms with Crippen molar-refractivity contribution in [1.82, 2.24) is 9.88 Å². The molecular weight excluding hydrogens is 202 g/mol. The van der Waals surface area contributed by atoms with Gasteiger partial charge in [0.25, 0.3) is 5.56 Å². The molecule has 1 aromatic rings. The van der Waals surface area contributed by atoms with Crippen LogP contribution in [0.2, 0.25) is 0 Å². The first-order valence-electron chi connectivity index (χ1n) is 5.70. The number of nitrogens with zero attached hydrogens (tertiary/aromatic N) is 1. The number of pyridine rings is 1. The predicted molar refractivity (Wildman–Crippen MR) is 67.5 cm³/mol. The number of nitrogens with one attached hydrogen (secondary N) is 1. The van der Waals surface area contributed by atoms with Crippen molar-refractivity contribution < 1.29 is 0 Å². The molecule has 0 aliphatic carbocycles. The molecule has 1 rings (SSSR count). The average Bonchev–Trinajstić information content (AvgIpc) is 2.22. The van der Waals surface area contributed by atoms with Crippen LogP contribution in [0.3, 0.4) is 0 Å². The lowest BCUT2D eigenvalue weighted by Gasteiger charge is -2.15. The fraction of sp³-hybridized carbons (Fsp3) is 0.583. The predicted octanol–water partition coefficient (Wildman–Crippen LogP) is 1.36. The normalized spacial score (nSPS) is 11.0. The van der Waals surface area contributed by atoms with E-state index >= 15 is 0 Å². The molecule has 1 aromatic heterocycles. The van der Waals surface area contributed by atoms with Gasteiger partial charge in [-0.1, -0.05) is 13.3 Å². The summed E-state index contributed by atoms with van der Waals surface area (Å²) in [5.41, 5.74) is 8.41. The lowest BCUT2D eigenvalue weighted by molar-refractivity contribution is 0.401. The Morgan fingerprint density at radius 1 is 1.38 bits per heavy atom. The third-order valence-electron chi connectivity index (χ3n) is 2.60. The number of H-pyrrole nitrogens is 1. The SMILES string of the molecule is CCCCc1c(CN(C)C)c(N)c[nH]c1=O. The minimum atomic E-state index is -0.000463. The van der Waals surface area contributed by atoms with Crippen molar-refractivity contribution in [3.8, 4) is 0 Å². The molecule has 0 spiro atoms. The maximum Gasteiger partial charge on any atom is 0.251 e. The van der Waals surface area contributed by atoms with E-state index in [2.05, 4.69) is 11.9 Å². The van der Waals surface area contributed by atoms with Crippen LogP contribution in [0.5, 0.6) is 0 Å². The zero-order chi connectivity index (χ0) is 12.1. The van der Waals surface area contributed by atoms with Crippen LogP contribution in [-0.4, -0.2) is 24.0 Å². The molecule has 0 atom stereocenters. The van der Waals surface area contributed by atoms with Crippen LogP contribution in [0, 0.1) is 0 Å². The molecule has 1 heterocycles. The van der Waals surface area contributed by atoms with Gasteiger partial charge in [0.2, 0.25) is 0 Å². The Kier molecular flexibility index (Phi) is 4.55. The summed E-state index contributed by atoms with van der Waals surface area (Å²) in [5.74, 6) is 0. The van der Waals surface area contributed by atoms with E-state index in [1.54, 1.807) is 6.20 Å². The van der Waals surface area contributed by atoms with Crippen molar-refractivity contribution in [2.24, 2.45) is 0 Å². The van der Waals surface area contributed by atoms with Crippen LogP contribution in [0.1, 0.15) is 30.9 Å². The second-order valence-corrected chi connectivity index (χ2v) is 4.37. The van der Waals surface area contributed by atoms with E-state index in [1.165, 1.54) is 0 Å². The number of nitrogens with two attached hydrogens (primary N) is 1. The molecule has 0 aliphatic heterocycles. The first-order chi connectivity index (χ1) is 7.56. The highest BCUT2D eigenvalue weighted by molar-refractivity contribution is 5.48. The molecule has 0 aromatic carbocycles. The Bertz CT molecular complexity index is 396. The first-order valence-corrected chi connectivity index (χ1v) is 5.70. The Balaban J connectivity index is 3.09. The lowest BCUT2D eigenvalue weighted by atomic mass is 10.0. The summed E-state index contributed by atoms with van der Waals surface area (Å²) in [6.45, 7) is 2.83. The Morgan fingerprint density at radius 3 is 2.62 bits per heavy atom. The molecule has 0 saturated heterocycles. The van der Waals surface area contributed by atoms with Crippen LogP contribution in [0.4, 0.5) is 5.69 Å². The second kappa shape index (κ2) is 5.70. The van der Waals surface area contributed by atoms with Gasteiger partial charge in [-0.05, 0) is 32.5 Å². The van der Waals surface area contributed by atoms with Crippen molar-refractivity contribution in [3.05, 3.63) is 27.7 Å². The highest BCUT2D eigenvalue weighted by Crippen LogP contribution is 2.16. The molecule has 0 bridgehead atoms. The summed E-state index contributed by atoms with van der Waals surface area (Å²) in [7, 11) is 3.95. The van der Waals surface area contributed by atoms with Crippen molar-refractivity contribution in [3.63, 3.8) is 0 Å². The summed E-state index contributed by atoms with van der Waals surface area (Å²) in [5, 5.41) is 0. The summed E-state index contributed by atoms with van der Waals surface area (Å²) in [4.78, 5) is 16.5. The van der Waals surface area contributed by atoms with Crippen molar-refractivity contribution in [2.75, 3.05) is 19.8 Å². The van der Waals surface area contributed by atoms with Crippen molar-refractivity contribution in [2.45, 2.75) is 32.7 Å². The van der Waals surface area contributed by atoms with Gasteiger partial charge in [-0.3, -0.25) is 4.79 Å². The smallest absolute Gasteiger partial charge is 0.251 e. The van der Waals surface area contributed by atoms with Crippen LogP contribution < -0.4 is 11.3 Å². The lowest BCUT2D eigenvalue weighted by Crippen LogP contribution is -2.21. The molecule has 4 nitrogen and oxygen atoms in total. The molecule has 4 heteroatoms. The van der Waals surface area contributed by atoms with Gasteiger partial charge in [0.1, 0.15) is 0 Å². The fourth-order valence-corrected chi connectivity index (χ4v) is 1.75. The van der Waals surface area contributed by atoms with Gasteiger partial charge in [0.05, 0.1) is 5.69 Å². The Morgan fingerprint density at radius 2 is 2.06 bits per heavy atom. The molecule has 0 amide bonds. The monoisotopic (exact) mass is 223 g/mol. The van der Waals surface area contributed by atoms with Gasteiger partial charge >= 0.3 is 0 Å². The number of rotatable bonds is 5. The molecule has 90 valence electrons. The fourth-order valence-electron chi connectivity index (χ4n) is 1.75. The van der Waals surface area contributed by atoms with Crippen LogP contribution in [0.15, 0.2) is 11.0 Å². The van der Waals surface area contributed by atoms with E-state index in [0.717, 1.165) is 36.9 Å². The van der Waals surface area contributed by atoms with Gasteiger partial charge < -0.3 is 15.6 Å². The maximum absolute atomic E-state index is 11.7. The van der Waals surface area contributed by atoms with E-state index in [1.807, 2.05) is 19.0 Å². The maximum atomic E-state index is 11.7. The number of aromatic amines is 1.